The summed E-state index contributed by atoms with van der Waals surface area (Å²) in [6, 6.07) is 9.42. The maximum absolute atomic E-state index is 12.9. The van der Waals surface area contributed by atoms with E-state index in [1.807, 2.05) is 4.72 Å². The van der Waals surface area contributed by atoms with Crippen LogP contribution in [0.5, 0.6) is 11.5 Å². The van der Waals surface area contributed by atoms with Gasteiger partial charge in [-0.1, -0.05) is 12.5 Å². The summed E-state index contributed by atoms with van der Waals surface area (Å²) < 4.78 is 65.7. The van der Waals surface area contributed by atoms with Gasteiger partial charge in [-0.2, -0.15) is 4.31 Å². The number of ether oxygens (including phenoxy) is 2. The van der Waals surface area contributed by atoms with Crippen LogP contribution < -0.4 is 14.2 Å². The molecule has 1 aliphatic rings. The van der Waals surface area contributed by atoms with Crippen LogP contribution in [0, 0.1) is 0 Å². The van der Waals surface area contributed by atoms with Crippen molar-refractivity contribution in [3.05, 3.63) is 48.0 Å². The lowest BCUT2D eigenvalue weighted by atomic mass is 10.2. The second-order valence-corrected chi connectivity index (χ2v) is 11.0. The number of rotatable bonds is 9. The molecule has 0 aliphatic carbocycles. The molecule has 33 heavy (non-hydrogen) atoms. The third kappa shape index (κ3) is 5.84. The number of hydrogen-bond acceptors (Lipinski definition) is 7. The summed E-state index contributed by atoms with van der Waals surface area (Å²) in [5.74, 6) is -0.304. The van der Waals surface area contributed by atoms with Crippen LogP contribution >= 0.6 is 0 Å². The highest BCUT2D eigenvalue weighted by Gasteiger charge is 2.27. The molecule has 180 valence electrons. The number of amides is 1. The van der Waals surface area contributed by atoms with Gasteiger partial charge in [0.05, 0.1) is 23.0 Å². The van der Waals surface area contributed by atoms with Crippen LogP contribution in [0.15, 0.2) is 52.3 Å². The van der Waals surface area contributed by atoms with Gasteiger partial charge in [-0.25, -0.2) is 21.6 Å². The Morgan fingerprint density at radius 2 is 1.55 bits per heavy atom. The van der Waals surface area contributed by atoms with E-state index in [4.69, 9.17) is 9.47 Å². The maximum Gasteiger partial charge on any atom is 0.265 e. The second-order valence-electron chi connectivity index (χ2n) is 7.40. The molecule has 1 fully saturated rings. The van der Waals surface area contributed by atoms with E-state index in [0.29, 0.717) is 32.1 Å². The average Bonchev–Trinajstić information content (AvgIpc) is 2.81. The molecule has 0 radical (unpaired) electrons. The van der Waals surface area contributed by atoms with Crippen LogP contribution in [0.25, 0.3) is 0 Å². The monoisotopic (exact) mass is 496 g/mol. The van der Waals surface area contributed by atoms with Gasteiger partial charge in [-0.05, 0) is 57.0 Å². The minimum atomic E-state index is -4.24. The van der Waals surface area contributed by atoms with E-state index < -0.39 is 26.0 Å². The molecule has 1 N–H and O–H groups in total. The predicted octanol–water partition coefficient (Wildman–Crippen LogP) is 2.78. The smallest absolute Gasteiger partial charge is 0.265 e. The SMILES string of the molecule is CCOc1ccc(S(=O)(=O)NC(=O)c2cccc(S(=O)(=O)N3CCCCC3)c2)cc1OCC. The molecule has 0 saturated carbocycles. The first-order valence-corrected chi connectivity index (χ1v) is 13.7. The van der Waals surface area contributed by atoms with Gasteiger partial charge in [0.25, 0.3) is 15.9 Å². The van der Waals surface area contributed by atoms with Crippen molar-refractivity contribution in [1.82, 2.24) is 9.03 Å². The number of hydrogen-bond donors (Lipinski definition) is 1. The first kappa shape index (κ1) is 25.0. The van der Waals surface area contributed by atoms with Crippen LogP contribution in [0.1, 0.15) is 43.5 Å². The Labute approximate surface area is 194 Å². The van der Waals surface area contributed by atoms with Crippen molar-refractivity contribution in [2.45, 2.75) is 42.9 Å². The average molecular weight is 497 g/mol. The molecule has 9 nitrogen and oxygen atoms in total. The quantitative estimate of drug-likeness (QED) is 0.567. The summed E-state index contributed by atoms with van der Waals surface area (Å²) in [5.41, 5.74) is -0.0763. The molecular formula is C22H28N2O7S2. The molecule has 0 atom stereocenters. The van der Waals surface area contributed by atoms with Crippen molar-refractivity contribution in [2.75, 3.05) is 26.3 Å². The summed E-state index contributed by atoms with van der Waals surface area (Å²) in [7, 11) is -8.01. The Morgan fingerprint density at radius 1 is 0.879 bits per heavy atom. The third-order valence-electron chi connectivity index (χ3n) is 5.10. The van der Waals surface area contributed by atoms with E-state index in [0.717, 1.165) is 19.3 Å². The number of nitrogens with zero attached hydrogens (tertiary/aromatic N) is 1. The Balaban J connectivity index is 1.83. The first-order valence-electron chi connectivity index (χ1n) is 10.8. The van der Waals surface area contributed by atoms with Crippen LogP contribution in [0.4, 0.5) is 0 Å². The largest absolute Gasteiger partial charge is 0.490 e. The summed E-state index contributed by atoms with van der Waals surface area (Å²) in [5, 5.41) is 0. The second kappa shape index (κ2) is 10.5. The topological polar surface area (TPSA) is 119 Å². The Bertz CT molecular complexity index is 1210. The van der Waals surface area contributed by atoms with Crippen molar-refractivity contribution < 1.29 is 31.1 Å². The van der Waals surface area contributed by atoms with Gasteiger partial charge >= 0.3 is 0 Å². The fourth-order valence-corrected chi connectivity index (χ4v) is 6.04. The van der Waals surface area contributed by atoms with Gasteiger partial charge in [-0.15, -0.1) is 0 Å². The summed E-state index contributed by atoms with van der Waals surface area (Å²) in [6.45, 7) is 5.07. The zero-order valence-corrected chi connectivity index (χ0v) is 20.2. The highest BCUT2D eigenvalue weighted by molar-refractivity contribution is 7.90. The van der Waals surface area contributed by atoms with E-state index in [9.17, 15) is 21.6 Å². The summed E-state index contributed by atoms with van der Waals surface area (Å²) in [6.07, 6.45) is 2.54. The van der Waals surface area contributed by atoms with Crippen LogP contribution in [0.2, 0.25) is 0 Å². The fourth-order valence-electron chi connectivity index (χ4n) is 3.49. The van der Waals surface area contributed by atoms with E-state index in [1.54, 1.807) is 13.8 Å². The van der Waals surface area contributed by atoms with Gasteiger partial charge in [0.15, 0.2) is 11.5 Å². The van der Waals surface area contributed by atoms with E-state index >= 15 is 0 Å². The highest BCUT2D eigenvalue weighted by Crippen LogP contribution is 2.30. The number of benzene rings is 2. The zero-order valence-electron chi connectivity index (χ0n) is 18.6. The predicted molar refractivity (Wildman–Crippen MR) is 122 cm³/mol. The van der Waals surface area contributed by atoms with Crippen LogP contribution in [-0.2, 0) is 20.0 Å². The molecule has 2 aromatic carbocycles. The number of sulfonamides is 2. The number of nitrogens with one attached hydrogen (secondary N) is 1. The number of carbonyl (C=O) groups excluding carboxylic acids is 1. The molecule has 1 aliphatic heterocycles. The van der Waals surface area contributed by atoms with Gasteiger partial charge in [-0.3, -0.25) is 4.79 Å². The number of carbonyl (C=O) groups is 1. The minimum absolute atomic E-state index is 0.0471. The highest BCUT2D eigenvalue weighted by atomic mass is 32.2. The molecular weight excluding hydrogens is 468 g/mol. The molecule has 1 saturated heterocycles. The van der Waals surface area contributed by atoms with E-state index in [1.165, 1.54) is 46.8 Å². The molecule has 1 amide bonds. The lowest BCUT2D eigenvalue weighted by Crippen LogP contribution is -2.36. The standard InChI is InChI=1S/C22H28N2O7S2/c1-3-30-20-12-11-18(16-21(20)31-4-2)32(26,27)23-22(25)17-9-8-10-19(15-17)33(28,29)24-13-6-5-7-14-24/h8-12,15-16H,3-7,13-14H2,1-2H3,(H,23,25). The molecule has 0 unspecified atom stereocenters. The van der Waals surface area contributed by atoms with Crippen LogP contribution in [-0.4, -0.2) is 53.4 Å². The zero-order chi connectivity index (χ0) is 24.1. The number of piperidine rings is 1. The van der Waals surface area contributed by atoms with E-state index in [2.05, 4.69) is 0 Å². The molecule has 1 heterocycles. The Kier molecular flexibility index (Phi) is 7.98. The van der Waals surface area contributed by atoms with E-state index in [-0.39, 0.29) is 21.1 Å². The molecule has 11 heteroatoms. The minimum Gasteiger partial charge on any atom is -0.490 e. The molecule has 0 bridgehead atoms. The van der Waals surface area contributed by atoms with Gasteiger partial charge < -0.3 is 9.47 Å². The van der Waals surface area contributed by atoms with Crippen molar-refractivity contribution in [3.8, 4) is 11.5 Å². The lowest BCUT2D eigenvalue weighted by molar-refractivity contribution is 0.0981. The van der Waals surface area contributed by atoms with Crippen molar-refractivity contribution in [2.24, 2.45) is 0 Å². The summed E-state index contributed by atoms with van der Waals surface area (Å²) in [4.78, 5) is 12.5. The molecule has 0 spiro atoms. The maximum atomic E-state index is 12.9. The van der Waals surface area contributed by atoms with Crippen LogP contribution in [0.3, 0.4) is 0 Å². The van der Waals surface area contributed by atoms with Crippen molar-refractivity contribution >= 4 is 26.0 Å². The van der Waals surface area contributed by atoms with Crippen molar-refractivity contribution in [3.63, 3.8) is 0 Å². The first-order chi connectivity index (χ1) is 15.7. The lowest BCUT2D eigenvalue weighted by Gasteiger charge is -2.26. The molecule has 2 aromatic rings. The van der Waals surface area contributed by atoms with Gasteiger partial charge in [0.1, 0.15) is 0 Å². The molecule has 3 rings (SSSR count). The normalized spacial score (nSPS) is 15.1. The summed E-state index contributed by atoms with van der Waals surface area (Å²) >= 11 is 0. The molecule has 0 aromatic heterocycles. The fraction of sp³-hybridized carbons (Fsp3) is 0.409. The Hall–Kier alpha value is -2.63. The third-order valence-corrected chi connectivity index (χ3v) is 8.32. The van der Waals surface area contributed by atoms with Gasteiger partial charge in [0.2, 0.25) is 10.0 Å². The van der Waals surface area contributed by atoms with Gasteiger partial charge in [0, 0.05) is 24.7 Å². The van der Waals surface area contributed by atoms with Crippen molar-refractivity contribution in [1.29, 1.82) is 0 Å². The Morgan fingerprint density at radius 3 is 2.21 bits per heavy atom.